The lowest BCUT2D eigenvalue weighted by Crippen LogP contribution is -2.06. The highest BCUT2D eigenvalue weighted by atomic mass is 35.5. The van der Waals surface area contributed by atoms with Crippen molar-refractivity contribution in [2.75, 3.05) is 5.32 Å². The summed E-state index contributed by atoms with van der Waals surface area (Å²) in [7, 11) is 1.91. The van der Waals surface area contributed by atoms with Crippen molar-refractivity contribution in [2.45, 2.75) is 6.54 Å². The minimum absolute atomic E-state index is 0.223. The Balaban J connectivity index is 1.81. The third kappa shape index (κ3) is 2.97. The van der Waals surface area contributed by atoms with Crippen molar-refractivity contribution < 1.29 is 4.39 Å². The first kappa shape index (κ1) is 14.6. The molecule has 0 fully saturated rings. The third-order valence-corrected chi connectivity index (χ3v) is 3.74. The van der Waals surface area contributed by atoms with Crippen LogP contribution in [0.4, 0.5) is 10.3 Å². The Bertz CT molecular complexity index is 798. The standard InChI is InChI=1S/C17H15ClFN3/c1-22-16(12-6-4-7-14(18)9-12)11-21-17(22)20-10-13-5-2-3-8-15(13)19/h2-9,11H,10H2,1H3,(H,20,21). The van der Waals surface area contributed by atoms with Gasteiger partial charge in [0.25, 0.3) is 0 Å². The highest BCUT2D eigenvalue weighted by molar-refractivity contribution is 6.30. The van der Waals surface area contributed by atoms with Crippen molar-refractivity contribution in [1.29, 1.82) is 0 Å². The minimum atomic E-state index is -0.223. The molecule has 0 saturated heterocycles. The molecule has 5 heteroatoms. The van der Waals surface area contributed by atoms with Gasteiger partial charge in [-0.3, -0.25) is 0 Å². The maximum absolute atomic E-state index is 13.6. The van der Waals surface area contributed by atoms with Crippen LogP contribution in [0, 0.1) is 5.82 Å². The van der Waals surface area contributed by atoms with Crippen molar-refractivity contribution in [3.8, 4) is 11.3 Å². The van der Waals surface area contributed by atoms with Gasteiger partial charge in [-0.25, -0.2) is 9.37 Å². The molecule has 0 amide bonds. The molecular weight excluding hydrogens is 301 g/mol. The number of rotatable bonds is 4. The summed E-state index contributed by atoms with van der Waals surface area (Å²) in [6.45, 7) is 0.381. The number of aromatic nitrogens is 2. The first-order chi connectivity index (χ1) is 10.6. The van der Waals surface area contributed by atoms with Gasteiger partial charge in [0.15, 0.2) is 0 Å². The second-order valence-corrected chi connectivity index (χ2v) is 5.42. The molecule has 0 bridgehead atoms. The zero-order valence-corrected chi connectivity index (χ0v) is 12.8. The van der Waals surface area contributed by atoms with E-state index in [0.29, 0.717) is 23.1 Å². The molecule has 2 aromatic carbocycles. The number of hydrogen-bond acceptors (Lipinski definition) is 2. The van der Waals surface area contributed by atoms with E-state index in [0.717, 1.165) is 11.3 Å². The monoisotopic (exact) mass is 315 g/mol. The van der Waals surface area contributed by atoms with Crippen LogP contribution >= 0.6 is 11.6 Å². The lowest BCUT2D eigenvalue weighted by Gasteiger charge is -2.09. The number of hydrogen-bond donors (Lipinski definition) is 1. The van der Waals surface area contributed by atoms with Gasteiger partial charge in [0.05, 0.1) is 11.9 Å². The summed E-state index contributed by atoms with van der Waals surface area (Å²) in [4.78, 5) is 4.35. The SMILES string of the molecule is Cn1c(-c2cccc(Cl)c2)cnc1NCc1ccccc1F. The molecular formula is C17H15ClFN3. The first-order valence-corrected chi connectivity index (χ1v) is 7.28. The van der Waals surface area contributed by atoms with Crippen molar-refractivity contribution in [3.05, 3.63) is 71.1 Å². The molecule has 112 valence electrons. The molecule has 3 rings (SSSR count). The van der Waals surface area contributed by atoms with Crippen molar-refractivity contribution >= 4 is 17.5 Å². The number of nitrogens with one attached hydrogen (secondary N) is 1. The lowest BCUT2D eigenvalue weighted by atomic mass is 10.2. The predicted molar refractivity (Wildman–Crippen MR) is 87.4 cm³/mol. The quantitative estimate of drug-likeness (QED) is 0.768. The molecule has 1 aromatic heterocycles. The molecule has 0 unspecified atom stereocenters. The van der Waals surface area contributed by atoms with E-state index in [1.807, 2.05) is 41.9 Å². The summed E-state index contributed by atoms with van der Waals surface area (Å²) in [5.41, 5.74) is 2.54. The van der Waals surface area contributed by atoms with Gasteiger partial charge in [0, 0.05) is 29.7 Å². The van der Waals surface area contributed by atoms with Gasteiger partial charge >= 0.3 is 0 Å². The molecule has 1 heterocycles. The lowest BCUT2D eigenvalue weighted by molar-refractivity contribution is 0.612. The third-order valence-electron chi connectivity index (χ3n) is 3.50. The molecule has 1 N–H and O–H groups in total. The highest BCUT2D eigenvalue weighted by Gasteiger charge is 2.09. The average molecular weight is 316 g/mol. The minimum Gasteiger partial charge on any atom is -0.351 e. The molecule has 0 radical (unpaired) electrons. The number of benzene rings is 2. The summed E-state index contributed by atoms with van der Waals surface area (Å²) in [6.07, 6.45) is 1.77. The Morgan fingerprint density at radius 1 is 1.18 bits per heavy atom. The van der Waals surface area contributed by atoms with Crippen molar-refractivity contribution in [1.82, 2.24) is 9.55 Å². The van der Waals surface area contributed by atoms with Crippen LogP contribution in [0.15, 0.2) is 54.7 Å². The van der Waals surface area contributed by atoms with E-state index in [1.165, 1.54) is 6.07 Å². The second kappa shape index (κ2) is 6.20. The fraction of sp³-hybridized carbons (Fsp3) is 0.118. The Kier molecular flexibility index (Phi) is 4.11. The molecule has 0 aliphatic heterocycles. The average Bonchev–Trinajstić information content (AvgIpc) is 2.87. The fourth-order valence-electron chi connectivity index (χ4n) is 2.31. The van der Waals surface area contributed by atoms with Gasteiger partial charge in [-0.1, -0.05) is 41.9 Å². The summed E-state index contributed by atoms with van der Waals surface area (Å²) >= 11 is 6.03. The predicted octanol–water partition coefficient (Wildman–Crippen LogP) is 4.49. The molecule has 0 atom stereocenters. The van der Waals surface area contributed by atoms with Gasteiger partial charge in [-0.05, 0) is 18.2 Å². The van der Waals surface area contributed by atoms with E-state index in [-0.39, 0.29) is 5.82 Å². The van der Waals surface area contributed by atoms with Crippen molar-refractivity contribution in [2.24, 2.45) is 7.05 Å². The van der Waals surface area contributed by atoms with Gasteiger partial charge in [0.2, 0.25) is 5.95 Å². The molecule has 0 saturated carbocycles. The summed E-state index contributed by atoms with van der Waals surface area (Å²) < 4.78 is 15.5. The Hall–Kier alpha value is -2.33. The second-order valence-electron chi connectivity index (χ2n) is 4.98. The summed E-state index contributed by atoms with van der Waals surface area (Å²) in [5, 5.41) is 3.83. The molecule has 0 spiro atoms. The van der Waals surface area contributed by atoms with Crippen LogP contribution in [-0.4, -0.2) is 9.55 Å². The van der Waals surface area contributed by atoms with E-state index < -0.39 is 0 Å². The van der Waals surface area contributed by atoms with Crippen LogP contribution in [0.5, 0.6) is 0 Å². The topological polar surface area (TPSA) is 29.9 Å². The van der Waals surface area contributed by atoms with Gasteiger partial charge in [0.1, 0.15) is 5.82 Å². The number of halogens is 2. The number of nitrogens with zero attached hydrogens (tertiary/aromatic N) is 2. The van der Waals surface area contributed by atoms with E-state index >= 15 is 0 Å². The van der Waals surface area contributed by atoms with Crippen LogP contribution in [0.25, 0.3) is 11.3 Å². The normalized spacial score (nSPS) is 10.7. The van der Waals surface area contributed by atoms with E-state index in [4.69, 9.17) is 11.6 Å². The van der Waals surface area contributed by atoms with Crippen LogP contribution < -0.4 is 5.32 Å². The first-order valence-electron chi connectivity index (χ1n) is 6.90. The van der Waals surface area contributed by atoms with E-state index in [1.54, 1.807) is 18.3 Å². The number of imidazole rings is 1. The Labute approximate surface area is 133 Å². The summed E-state index contributed by atoms with van der Waals surface area (Å²) in [5.74, 6) is 0.456. The van der Waals surface area contributed by atoms with Crippen LogP contribution in [0.1, 0.15) is 5.56 Å². The van der Waals surface area contributed by atoms with Gasteiger partial charge < -0.3 is 9.88 Å². The number of anilines is 1. The van der Waals surface area contributed by atoms with Crippen LogP contribution in [-0.2, 0) is 13.6 Å². The van der Waals surface area contributed by atoms with Gasteiger partial charge in [-0.2, -0.15) is 0 Å². The Morgan fingerprint density at radius 2 is 2.00 bits per heavy atom. The molecule has 22 heavy (non-hydrogen) atoms. The molecule has 3 nitrogen and oxygen atoms in total. The van der Waals surface area contributed by atoms with Crippen LogP contribution in [0.2, 0.25) is 5.02 Å². The highest BCUT2D eigenvalue weighted by Crippen LogP contribution is 2.24. The molecule has 3 aromatic rings. The van der Waals surface area contributed by atoms with E-state index in [2.05, 4.69) is 10.3 Å². The maximum atomic E-state index is 13.6. The van der Waals surface area contributed by atoms with Crippen molar-refractivity contribution in [3.63, 3.8) is 0 Å². The largest absolute Gasteiger partial charge is 0.351 e. The zero-order valence-electron chi connectivity index (χ0n) is 12.1. The van der Waals surface area contributed by atoms with E-state index in [9.17, 15) is 4.39 Å². The van der Waals surface area contributed by atoms with Crippen LogP contribution in [0.3, 0.4) is 0 Å². The maximum Gasteiger partial charge on any atom is 0.203 e. The smallest absolute Gasteiger partial charge is 0.203 e. The molecule has 0 aliphatic rings. The summed E-state index contributed by atoms with van der Waals surface area (Å²) in [6, 6.07) is 14.3. The Morgan fingerprint density at radius 3 is 2.77 bits per heavy atom. The van der Waals surface area contributed by atoms with Gasteiger partial charge in [-0.15, -0.1) is 0 Å². The molecule has 0 aliphatic carbocycles. The zero-order chi connectivity index (χ0) is 15.5. The fourth-order valence-corrected chi connectivity index (χ4v) is 2.50.